The molecule has 0 atom stereocenters. The minimum atomic E-state index is -0.308. The van der Waals surface area contributed by atoms with Crippen molar-refractivity contribution in [2.75, 3.05) is 52.3 Å². The van der Waals surface area contributed by atoms with E-state index in [-0.39, 0.29) is 18.4 Å². The van der Waals surface area contributed by atoms with E-state index < -0.39 is 0 Å². The molecule has 7 heteroatoms. The molecule has 2 aromatic carbocycles. The molecule has 1 aliphatic rings. The van der Waals surface area contributed by atoms with E-state index in [1.54, 1.807) is 37.4 Å². The number of anilines is 1. The van der Waals surface area contributed by atoms with E-state index >= 15 is 0 Å². The summed E-state index contributed by atoms with van der Waals surface area (Å²) >= 11 is 0. The van der Waals surface area contributed by atoms with Crippen LogP contribution in [0.4, 0.5) is 5.69 Å². The summed E-state index contributed by atoms with van der Waals surface area (Å²) in [4.78, 5) is 29.0. The number of piperazine rings is 1. The van der Waals surface area contributed by atoms with Crippen LogP contribution in [0.2, 0.25) is 0 Å². The number of methoxy groups -OCH3 is 1. The molecule has 2 aromatic rings. The van der Waals surface area contributed by atoms with Gasteiger partial charge in [-0.05, 0) is 49.9 Å². The van der Waals surface area contributed by atoms with E-state index in [1.165, 1.54) is 0 Å². The smallest absolute Gasteiger partial charge is 0.262 e. The fraction of sp³-hybridized carbons (Fsp3) is 0.364. The second-order valence-corrected chi connectivity index (χ2v) is 7.17. The van der Waals surface area contributed by atoms with Gasteiger partial charge < -0.3 is 24.6 Å². The van der Waals surface area contributed by atoms with E-state index in [9.17, 15) is 9.59 Å². The van der Waals surface area contributed by atoms with Gasteiger partial charge >= 0.3 is 0 Å². The summed E-state index contributed by atoms with van der Waals surface area (Å²) in [5.74, 6) is 0.761. The molecular formula is C22H27N3O4. The van der Waals surface area contributed by atoms with Crippen LogP contribution in [0, 0.1) is 6.92 Å². The summed E-state index contributed by atoms with van der Waals surface area (Å²) in [5.41, 5.74) is 2.17. The van der Waals surface area contributed by atoms with Gasteiger partial charge in [0.25, 0.3) is 11.8 Å². The van der Waals surface area contributed by atoms with Crippen molar-refractivity contribution < 1.29 is 19.1 Å². The molecule has 0 aliphatic carbocycles. The van der Waals surface area contributed by atoms with Gasteiger partial charge in [0.15, 0.2) is 18.1 Å². The van der Waals surface area contributed by atoms with Crippen LogP contribution >= 0.6 is 0 Å². The number of likely N-dealkylation sites (N-methyl/N-ethyl adjacent to an activating group) is 1. The third-order valence-corrected chi connectivity index (χ3v) is 4.86. The van der Waals surface area contributed by atoms with Gasteiger partial charge in [0.2, 0.25) is 0 Å². The lowest BCUT2D eigenvalue weighted by Crippen LogP contribution is -2.47. The van der Waals surface area contributed by atoms with Crippen LogP contribution in [0.25, 0.3) is 0 Å². The number of carbonyl (C=O) groups is 2. The van der Waals surface area contributed by atoms with Crippen molar-refractivity contribution >= 4 is 17.5 Å². The monoisotopic (exact) mass is 397 g/mol. The Hall–Kier alpha value is -3.06. The minimum Gasteiger partial charge on any atom is -0.493 e. The lowest BCUT2D eigenvalue weighted by molar-refractivity contribution is -0.118. The number of hydrogen-bond acceptors (Lipinski definition) is 5. The summed E-state index contributed by atoms with van der Waals surface area (Å²) in [6.07, 6.45) is 0. The highest BCUT2D eigenvalue weighted by atomic mass is 16.5. The molecule has 0 bridgehead atoms. The van der Waals surface area contributed by atoms with E-state index in [4.69, 9.17) is 9.47 Å². The van der Waals surface area contributed by atoms with Gasteiger partial charge in [-0.15, -0.1) is 0 Å². The molecule has 0 spiro atoms. The lowest BCUT2D eigenvalue weighted by Gasteiger charge is -2.32. The third kappa shape index (κ3) is 5.48. The maximum atomic E-state index is 12.7. The highest BCUT2D eigenvalue weighted by Crippen LogP contribution is 2.27. The molecule has 1 saturated heterocycles. The molecular weight excluding hydrogens is 370 g/mol. The van der Waals surface area contributed by atoms with Crippen molar-refractivity contribution in [3.8, 4) is 11.5 Å². The maximum absolute atomic E-state index is 12.7. The number of ether oxygens (including phenoxy) is 2. The Kier molecular flexibility index (Phi) is 6.72. The van der Waals surface area contributed by atoms with E-state index in [0.29, 0.717) is 35.8 Å². The van der Waals surface area contributed by atoms with Gasteiger partial charge in [-0.2, -0.15) is 0 Å². The Bertz CT molecular complexity index is 876. The zero-order valence-corrected chi connectivity index (χ0v) is 17.1. The Morgan fingerprint density at radius 3 is 2.52 bits per heavy atom. The molecule has 3 rings (SSSR count). The van der Waals surface area contributed by atoms with Gasteiger partial charge in [-0.25, -0.2) is 0 Å². The van der Waals surface area contributed by atoms with Crippen molar-refractivity contribution in [3.63, 3.8) is 0 Å². The van der Waals surface area contributed by atoms with Gasteiger partial charge in [0.1, 0.15) is 0 Å². The fourth-order valence-corrected chi connectivity index (χ4v) is 3.16. The highest BCUT2D eigenvalue weighted by molar-refractivity contribution is 5.97. The average molecular weight is 397 g/mol. The first-order valence-corrected chi connectivity index (χ1v) is 9.61. The maximum Gasteiger partial charge on any atom is 0.262 e. The summed E-state index contributed by atoms with van der Waals surface area (Å²) in [6.45, 7) is 4.94. The second-order valence-electron chi connectivity index (χ2n) is 7.17. The second kappa shape index (κ2) is 9.43. The van der Waals surface area contributed by atoms with Crippen LogP contribution in [-0.4, -0.2) is 68.6 Å². The Morgan fingerprint density at radius 2 is 1.79 bits per heavy atom. The van der Waals surface area contributed by atoms with E-state index in [0.717, 1.165) is 18.7 Å². The van der Waals surface area contributed by atoms with Crippen LogP contribution in [0.1, 0.15) is 15.9 Å². The minimum absolute atomic E-state index is 0.0187. The average Bonchev–Trinajstić information content (AvgIpc) is 2.73. The molecule has 1 heterocycles. The molecule has 2 amide bonds. The zero-order chi connectivity index (χ0) is 20.8. The first-order valence-electron chi connectivity index (χ1n) is 9.61. The number of nitrogens with one attached hydrogen (secondary N) is 1. The van der Waals surface area contributed by atoms with Crippen molar-refractivity contribution in [1.82, 2.24) is 9.80 Å². The van der Waals surface area contributed by atoms with Gasteiger partial charge in [0.05, 0.1) is 7.11 Å². The largest absolute Gasteiger partial charge is 0.493 e. The Morgan fingerprint density at radius 1 is 1.03 bits per heavy atom. The molecule has 1 N–H and O–H groups in total. The molecule has 7 nitrogen and oxygen atoms in total. The topological polar surface area (TPSA) is 71.1 Å². The van der Waals surface area contributed by atoms with Crippen molar-refractivity contribution in [3.05, 3.63) is 53.6 Å². The number of amides is 2. The fourth-order valence-electron chi connectivity index (χ4n) is 3.16. The summed E-state index contributed by atoms with van der Waals surface area (Å²) < 4.78 is 10.9. The van der Waals surface area contributed by atoms with Crippen LogP contribution in [0.3, 0.4) is 0 Å². The number of carbonyl (C=O) groups excluding carboxylic acids is 2. The zero-order valence-electron chi connectivity index (χ0n) is 17.1. The third-order valence-electron chi connectivity index (χ3n) is 4.86. The van der Waals surface area contributed by atoms with Crippen molar-refractivity contribution in [1.29, 1.82) is 0 Å². The SMILES string of the molecule is COc1cc(C)ccc1OCC(=O)Nc1cccc(C(=O)N2CCN(C)CC2)c1. The molecule has 1 fully saturated rings. The number of aryl methyl sites for hydroxylation is 1. The molecule has 0 unspecified atom stereocenters. The molecule has 1 aliphatic heterocycles. The Labute approximate surface area is 171 Å². The number of benzene rings is 2. The molecule has 0 aromatic heterocycles. The van der Waals surface area contributed by atoms with Crippen LogP contribution in [0.15, 0.2) is 42.5 Å². The molecule has 154 valence electrons. The van der Waals surface area contributed by atoms with Crippen LogP contribution in [-0.2, 0) is 4.79 Å². The van der Waals surface area contributed by atoms with E-state index in [1.807, 2.05) is 31.0 Å². The first kappa shape index (κ1) is 20.7. The van der Waals surface area contributed by atoms with Gasteiger partial charge in [-0.1, -0.05) is 12.1 Å². The summed E-state index contributed by atoms with van der Waals surface area (Å²) in [6, 6.07) is 12.5. The van der Waals surface area contributed by atoms with Gasteiger partial charge in [0, 0.05) is 37.4 Å². The normalized spacial score (nSPS) is 14.4. The predicted molar refractivity (Wildman–Crippen MR) is 112 cm³/mol. The standard InChI is InChI=1S/C22H27N3O4/c1-16-7-8-19(20(13-16)28-3)29-15-21(26)23-18-6-4-5-17(14-18)22(27)25-11-9-24(2)10-12-25/h4-8,13-14H,9-12,15H2,1-3H3,(H,23,26). The van der Waals surface area contributed by atoms with Gasteiger partial charge in [-0.3, -0.25) is 9.59 Å². The van der Waals surface area contributed by atoms with E-state index in [2.05, 4.69) is 10.2 Å². The summed E-state index contributed by atoms with van der Waals surface area (Å²) in [7, 11) is 3.61. The lowest BCUT2D eigenvalue weighted by atomic mass is 10.1. The van der Waals surface area contributed by atoms with Crippen molar-refractivity contribution in [2.45, 2.75) is 6.92 Å². The number of rotatable bonds is 6. The summed E-state index contributed by atoms with van der Waals surface area (Å²) in [5, 5.41) is 2.78. The predicted octanol–water partition coefficient (Wildman–Crippen LogP) is 2.41. The number of nitrogens with zero attached hydrogens (tertiary/aromatic N) is 2. The molecule has 0 saturated carbocycles. The first-order chi connectivity index (χ1) is 14.0. The van der Waals surface area contributed by atoms with Crippen LogP contribution < -0.4 is 14.8 Å². The van der Waals surface area contributed by atoms with Crippen molar-refractivity contribution in [2.24, 2.45) is 0 Å². The quantitative estimate of drug-likeness (QED) is 0.811. The van der Waals surface area contributed by atoms with Crippen LogP contribution in [0.5, 0.6) is 11.5 Å². The number of hydrogen-bond donors (Lipinski definition) is 1. The molecule has 0 radical (unpaired) electrons. The Balaban J connectivity index is 1.58. The molecule has 29 heavy (non-hydrogen) atoms. The highest BCUT2D eigenvalue weighted by Gasteiger charge is 2.20.